The van der Waals surface area contributed by atoms with Gasteiger partial charge in [0.2, 0.25) is 17.2 Å². The monoisotopic (exact) mass is 775 g/mol. The summed E-state index contributed by atoms with van der Waals surface area (Å²) in [6.07, 6.45) is 0. The van der Waals surface area contributed by atoms with Crippen LogP contribution >= 0.6 is 0 Å². The number of carbonyl (C=O) groups is 3. The Hall–Kier alpha value is -4.54. The summed E-state index contributed by atoms with van der Waals surface area (Å²) in [4.78, 5) is 32.6. The third-order valence-electron chi connectivity index (χ3n) is 5.80. The Bertz CT molecular complexity index is 1300. The Kier molecular flexibility index (Phi) is 18.5. The van der Waals surface area contributed by atoms with E-state index in [0.29, 0.717) is 17.2 Å². The van der Waals surface area contributed by atoms with Crippen molar-refractivity contribution in [2.45, 2.75) is 0 Å². The van der Waals surface area contributed by atoms with Gasteiger partial charge in [-0.25, -0.2) is 14.4 Å². The average molecular weight is 776 g/mol. The fourth-order valence-corrected chi connectivity index (χ4v) is 3.81. The molecule has 0 saturated carbocycles. The second kappa shape index (κ2) is 20.5. The van der Waals surface area contributed by atoms with Gasteiger partial charge in [-0.05, 0) is 36.4 Å². The van der Waals surface area contributed by atoms with Crippen molar-refractivity contribution in [3.8, 4) is 51.7 Å². The molecule has 0 unspecified atom stereocenters. The van der Waals surface area contributed by atoms with E-state index in [-0.39, 0.29) is 86.8 Å². The van der Waals surface area contributed by atoms with Crippen LogP contribution < -0.4 is 42.6 Å². The van der Waals surface area contributed by atoms with E-state index in [4.69, 9.17) is 58.0 Å². The smallest absolute Gasteiger partial charge is 0.339 e. The van der Waals surface area contributed by atoms with E-state index in [1.54, 1.807) is 0 Å². The minimum atomic E-state index is -1.08. The standard InChI is InChI=1S/3C10H12O5.La/c3*1-13-7-5-4-6(10(11)12)8(14-2)9(7)15-3;/h3*4-5H,1-3H3,(H,11,12);. The predicted molar refractivity (Wildman–Crippen MR) is 159 cm³/mol. The molecule has 249 valence electrons. The zero-order valence-electron chi connectivity index (χ0n) is 26.8. The Morgan fingerprint density at radius 1 is 0.370 bits per heavy atom. The third kappa shape index (κ3) is 9.99. The van der Waals surface area contributed by atoms with Crippen LogP contribution in [0, 0.1) is 35.6 Å². The first-order valence-electron chi connectivity index (χ1n) is 12.5. The summed E-state index contributed by atoms with van der Waals surface area (Å²) in [6.45, 7) is 0. The van der Waals surface area contributed by atoms with E-state index < -0.39 is 17.9 Å². The van der Waals surface area contributed by atoms with Gasteiger partial charge in [0.25, 0.3) is 0 Å². The zero-order valence-corrected chi connectivity index (χ0v) is 30.4. The van der Waals surface area contributed by atoms with Crippen molar-refractivity contribution < 1.29 is 108 Å². The van der Waals surface area contributed by atoms with E-state index in [9.17, 15) is 14.4 Å². The van der Waals surface area contributed by atoms with Gasteiger partial charge in [0.15, 0.2) is 34.5 Å². The van der Waals surface area contributed by atoms with E-state index in [1.807, 2.05) is 0 Å². The number of rotatable bonds is 12. The van der Waals surface area contributed by atoms with Crippen LogP contribution in [-0.2, 0) is 0 Å². The molecular formula is C30H36LaO15. The second-order valence-corrected chi connectivity index (χ2v) is 8.06. The van der Waals surface area contributed by atoms with E-state index in [0.717, 1.165) is 0 Å². The summed E-state index contributed by atoms with van der Waals surface area (Å²) in [5.74, 6) is -0.635. The molecule has 0 aliphatic heterocycles. The summed E-state index contributed by atoms with van der Waals surface area (Å²) in [6, 6.07) is 8.77. The van der Waals surface area contributed by atoms with Gasteiger partial charge in [-0.3, -0.25) is 0 Å². The zero-order chi connectivity index (χ0) is 34.3. The van der Waals surface area contributed by atoms with E-state index in [1.165, 1.54) is 100 Å². The number of carboxylic acid groups (broad SMARTS) is 3. The minimum Gasteiger partial charge on any atom is -0.493 e. The van der Waals surface area contributed by atoms with Crippen LogP contribution in [0.3, 0.4) is 0 Å². The van der Waals surface area contributed by atoms with Gasteiger partial charge < -0.3 is 58.0 Å². The van der Waals surface area contributed by atoms with Gasteiger partial charge in [0.1, 0.15) is 16.7 Å². The quantitative estimate of drug-likeness (QED) is 0.236. The van der Waals surface area contributed by atoms with Crippen molar-refractivity contribution in [1.29, 1.82) is 0 Å². The molecule has 3 aromatic rings. The Morgan fingerprint density at radius 3 is 0.696 bits per heavy atom. The van der Waals surface area contributed by atoms with Crippen LogP contribution in [0.1, 0.15) is 31.1 Å². The van der Waals surface area contributed by atoms with Crippen LogP contribution in [0.2, 0.25) is 0 Å². The molecule has 0 amide bonds. The van der Waals surface area contributed by atoms with E-state index in [2.05, 4.69) is 0 Å². The molecule has 0 saturated heterocycles. The summed E-state index contributed by atoms with van der Waals surface area (Å²) in [5, 5.41) is 26.7. The summed E-state index contributed by atoms with van der Waals surface area (Å²) in [5.41, 5.74) is 0.112. The first kappa shape index (κ1) is 41.5. The first-order valence-corrected chi connectivity index (χ1v) is 12.5. The van der Waals surface area contributed by atoms with Gasteiger partial charge in [-0.2, -0.15) is 0 Å². The molecule has 0 aliphatic carbocycles. The van der Waals surface area contributed by atoms with Crippen molar-refractivity contribution in [2.24, 2.45) is 0 Å². The average Bonchev–Trinajstić information content (AvgIpc) is 3.05. The fourth-order valence-electron chi connectivity index (χ4n) is 3.81. The van der Waals surface area contributed by atoms with Gasteiger partial charge in [-0.1, -0.05) is 0 Å². The number of aromatic carboxylic acids is 3. The van der Waals surface area contributed by atoms with Crippen LogP contribution in [0.4, 0.5) is 0 Å². The normalized spacial score (nSPS) is 9.33. The summed E-state index contributed by atoms with van der Waals surface area (Å²) in [7, 11) is 12.8. The maximum Gasteiger partial charge on any atom is 0.339 e. The van der Waals surface area contributed by atoms with Crippen LogP contribution in [-0.4, -0.2) is 97.2 Å². The molecule has 3 aromatic carbocycles. The van der Waals surface area contributed by atoms with Gasteiger partial charge in [-0.15, -0.1) is 0 Å². The number of hydrogen-bond donors (Lipinski definition) is 3. The molecule has 15 nitrogen and oxygen atoms in total. The first-order chi connectivity index (χ1) is 21.5. The van der Waals surface area contributed by atoms with Crippen molar-refractivity contribution in [1.82, 2.24) is 0 Å². The molecular weight excluding hydrogens is 739 g/mol. The molecule has 0 fully saturated rings. The fraction of sp³-hybridized carbons (Fsp3) is 0.300. The molecule has 3 rings (SSSR count). The number of hydrogen-bond acceptors (Lipinski definition) is 12. The van der Waals surface area contributed by atoms with Gasteiger partial charge in [0.05, 0.1) is 64.0 Å². The number of carboxylic acids is 3. The molecule has 3 N–H and O–H groups in total. The van der Waals surface area contributed by atoms with E-state index >= 15 is 0 Å². The molecule has 0 spiro atoms. The van der Waals surface area contributed by atoms with Crippen molar-refractivity contribution in [3.63, 3.8) is 0 Å². The minimum absolute atomic E-state index is 0. The molecule has 0 heterocycles. The van der Waals surface area contributed by atoms with Gasteiger partial charge >= 0.3 is 17.9 Å². The van der Waals surface area contributed by atoms with Gasteiger partial charge in [0, 0.05) is 35.6 Å². The summed E-state index contributed by atoms with van der Waals surface area (Å²) < 4.78 is 45.1. The SMILES string of the molecule is COc1ccc(C(=O)O)c(OC)c1OC.COc1ccc(C(=O)O)c(OC)c1OC.COc1ccc(C(=O)O)c(OC)c1OC.[La]. The molecule has 0 aliphatic rings. The molecule has 46 heavy (non-hydrogen) atoms. The van der Waals surface area contributed by atoms with Crippen molar-refractivity contribution >= 4 is 17.9 Å². The Balaban J connectivity index is 0.000000653. The molecule has 1 radical (unpaired) electrons. The Labute approximate surface area is 293 Å². The largest absolute Gasteiger partial charge is 0.493 e. The second-order valence-electron chi connectivity index (χ2n) is 8.06. The summed E-state index contributed by atoms with van der Waals surface area (Å²) >= 11 is 0. The molecule has 0 aromatic heterocycles. The van der Waals surface area contributed by atoms with Crippen molar-refractivity contribution in [2.75, 3.05) is 64.0 Å². The maximum atomic E-state index is 10.9. The molecule has 16 heteroatoms. The number of ether oxygens (including phenoxy) is 9. The Morgan fingerprint density at radius 2 is 0.565 bits per heavy atom. The number of benzene rings is 3. The number of methoxy groups -OCH3 is 9. The topological polar surface area (TPSA) is 195 Å². The van der Waals surface area contributed by atoms with Crippen LogP contribution in [0.15, 0.2) is 36.4 Å². The maximum absolute atomic E-state index is 10.9. The van der Waals surface area contributed by atoms with Crippen LogP contribution in [0.25, 0.3) is 0 Å². The third-order valence-corrected chi connectivity index (χ3v) is 5.80. The molecule has 0 bridgehead atoms. The van der Waals surface area contributed by atoms with Crippen LogP contribution in [0.5, 0.6) is 51.7 Å². The van der Waals surface area contributed by atoms with Crippen molar-refractivity contribution in [3.05, 3.63) is 53.1 Å². The predicted octanol–water partition coefficient (Wildman–Crippen LogP) is 4.23. The molecule has 0 atom stereocenters.